The normalized spacial score (nSPS) is 17.9. The molecule has 2 aliphatic rings. The SMILES string of the molecule is CCCC1=C(C(=O)OCC)[C@@H](c2ccc(C(C)C)cc2)n2c(s/c(=C\c3ccc(N4CCOCC4)o3)c2=O)=N1. The molecule has 8 nitrogen and oxygen atoms in total. The maximum atomic E-state index is 13.9. The van der Waals surface area contributed by atoms with Crippen LogP contribution in [0.15, 0.2) is 61.9 Å². The van der Waals surface area contributed by atoms with Gasteiger partial charge in [-0.2, -0.15) is 0 Å². The largest absolute Gasteiger partial charge is 0.463 e. The summed E-state index contributed by atoms with van der Waals surface area (Å²) in [6, 6.07) is 11.3. The molecule has 2 aliphatic heterocycles. The Balaban J connectivity index is 1.64. The Hall–Kier alpha value is -3.43. The first-order valence-electron chi connectivity index (χ1n) is 13.7. The van der Waals surface area contributed by atoms with E-state index >= 15 is 0 Å². The Bertz CT molecular complexity index is 1540. The fourth-order valence-corrected chi connectivity index (χ4v) is 6.00. The van der Waals surface area contributed by atoms with Crippen LogP contribution in [0.2, 0.25) is 0 Å². The summed E-state index contributed by atoms with van der Waals surface area (Å²) in [6.07, 6.45) is 3.19. The van der Waals surface area contributed by atoms with Crippen molar-refractivity contribution in [3.63, 3.8) is 0 Å². The van der Waals surface area contributed by atoms with E-state index < -0.39 is 12.0 Å². The topological polar surface area (TPSA) is 86.3 Å². The van der Waals surface area contributed by atoms with Crippen LogP contribution in [0.5, 0.6) is 0 Å². The molecule has 1 fully saturated rings. The van der Waals surface area contributed by atoms with Crippen LogP contribution < -0.4 is 19.8 Å². The lowest BCUT2D eigenvalue weighted by molar-refractivity contribution is -0.139. The van der Waals surface area contributed by atoms with E-state index in [1.165, 1.54) is 16.9 Å². The van der Waals surface area contributed by atoms with Crippen LogP contribution >= 0.6 is 11.3 Å². The number of furan rings is 1. The number of rotatable bonds is 8. The molecule has 1 aromatic carbocycles. The highest BCUT2D eigenvalue weighted by Gasteiger charge is 2.34. The summed E-state index contributed by atoms with van der Waals surface area (Å²) in [5.74, 6) is 1.29. The molecule has 1 saturated heterocycles. The molecule has 0 bridgehead atoms. The maximum absolute atomic E-state index is 13.9. The number of carbonyl (C=O) groups excluding carboxylic acids is 1. The van der Waals surface area contributed by atoms with Gasteiger partial charge in [-0.15, -0.1) is 0 Å². The third kappa shape index (κ3) is 5.51. The number of nitrogens with zero attached hydrogens (tertiary/aromatic N) is 3. The molecule has 0 radical (unpaired) electrons. The molecule has 0 N–H and O–H groups in total. The quantitative estimate of drug-likeness (QED) is 0.393. The van der Waals surface area contributed by atoms with Crippen LogP contribution in [-0.4, -0.2) is 43.4 Å². The van der Waals surface area contributed by atoms with Gasteiger partial charge in [0.2, 0.25) is 0 Å². The molecule has 1 atom stereocenters. The lowest BCUT2D eigenvalue weighted by Crippen LogP contribution is -2.40. The summed E-state index contributed by atoms with van der Waals surface area (Å²) in [5, 5.41) is 0. The molecule has 4 heterocycles. The monoisotopic (exact) mass is 549 g/mol. The zero-order valence-corrected chi connectivity index (χ0v) is 23.8. The number of carbonyl (C=O) groups is 1. The number of thiazole rings is 1. The molecule has 0 spiro atoms. The van der Waals surface area contributed by atoms with Crippen LogP contribution in [0.1, 0.15) is 69.4 Å². The van der Waals surface area contributed by atoms with Gasteiger partial charge in [0, 0.05) is 25.2 Å². The average molecular weight is 550 g/mol. The van der Waals surface area contributed by atoms with Crippen molar-refractivity contribution in [1.82, 2.24) is 4.57 Å². The van der Waals surface area contributed by atoms with Crippen molar-refractivity contribution in [2.45, 2.75) is 52.5 Å². The van der Waals surface area contributed by atoms with Gasteiger partial charge in [-0.1, -0.05) is 62.8 Å². The van der Waals surface area contributed by atoms with Crippen molar-refractivity contribution in [3.05, 3.63) is 84.2 Å². The zero-order valence-electron chi connectivity index (χ0n) is 22.9. The Morgan fingerprint density at radius 3 is 2.56 bits per heavy atom. The third-order valence-corrected chi connectivity index (χ3v) is 8.00. The molecule has 3 aromatic rings. The zero-order chi connectivity index (χ0) is 27.5. The minimum atomic E-state index is -0.620. The van der Waals surface area contributed by atoms with Gasteiger partial charge >= 0.3 is 5.97 Å². The predicted molar refractivity (Wildman–Crippen MR) is 152 cm³/mol. The van der Waals surface area contributed by atoms with Crippen LogP contribution in [0.3, 0.4) is 0 Å². The number of ether oxygens (including phenoxy) is 2. The Kier molecular flexibility index (Phi) is 8.18. The van der Waals surface area contributed by atoms with E-state index in [1.54, 1.807) is 17.6 Å². The molecule has 0 saturated carbocycles. The van der Waals surface area contributed by atoms with E-state index in [9.17, 15) is 9.59 Å². The van der Waals surface area contributed by atoms with Gasteiger partial charge in [0.05, 0.1) is 41.7 Å². The van der Waals surface area contributed by atoms with E-state index in [-0.39, 0.29) is 12.2 Å². The van der Waals surface area contributed by atoms with Gasteiger partial charge in [0.15, 0.2) is 10.7 Å². The minimum absolute atomic E-state index is 0.210. The average Bonchev–Trinajstić information content (AvgIpc) is 3.53. The van der Waals surface area contributed by atoms with Gasteiger partial charge in [-0.05, 0) is 36.5 Å². The number of benzene rings is 1. The number of esters is 1. The maximum Gasteiger partial charge on any atom is 0.338 e. The smallest absolute Gasteiger partial charge is 0.338 e. The summed E-state index contributed by atoms with van der Waals surface area (Å²) in [4.78, 5) is 34.8. The van der Waals surface area contributed by atoms with Crippen LogP contribution in [0.25, 0.3) is 6.08 Å². The number of aromatic nitrogens is 1. The van der Waals surface area contributed by atoms with E-state index in [2.05, 4.69) is 37.8 Å². The number of fused-ring (bicyclic) bond motifs is 1. The highest BCUT2D eigenvalue weighted by Crippen LogP contribution is 2.33. The van der Waals surface area contributed by atoms with Gasteiger partial charge in [-0.3, -0.25) is 9.36 Å². The fraction of sp³-hybridized carbons (Fsp3) is 0.433. The van der Waals surface area contributed by atoms with Crippen molar-refractivity contribution in [1.29, 1.82) is 0 Å². The molecule has 5 rings (SSSR count). The van der Waals surface area contributed by atoms with Gasteiger partial charge in [-0.25, -0.2) is 9.79 Å². The second-order valence-electron chi connectivity index (χ2n) is 10.0. The Morgan fingerprint density at radius 2 is 1.90 bits per heavy atom. The van der Waals surface area contributed by atoms with E-state index in [1.807, 2.05) is 24.3 Å². The van der Waals surface area contributed by atoms with Crippen molar-refractivity contribution in [2.24, 2.45) is 4.99 Å². The first-order chi connectivity index (χ1) is 18.9. The van der Waals surface area contributed by atoms with Crippen molar-refractivity contribution in [3.8, 4) is 0 Å². The molecular formula is C30H35N3O5S. The van der Waals surface area contributed by atoms with Crippen molar-refractivity contribution < 1.29 is 18.7 Å². The fourth-order valence-electron chi connectivity index (χ4n) is 5.00. The molecule has 9 heteroatoms. The van der Waals surface area contributed by atoms with Gasteiger partial charge in [0.25, 0.3) is 5.56 Å². The molecule has 2 aromatic heterocycles. The second-order valence-corrected chi connectivity index (χ2v) is 11.0. The number of hydrogen-bond donors (Lipinski definition) is 0. The summed E-state index contributed by atoms with van der Waals surface area (Å²) in [7, 11) is 0. The Labute approximate surface area is 231 Å². The first-order valence-corrected chi connectivity index (χ1v) is 14.5. The van der Waals surface area contributed by atoms with Crippen LogP contribution in [-0.2, 0) is 14.3 Å². The van der Waals surface area contributed by atoms with Crippen LogP contribution in [0, 0.1) is 0 Å². The molecule has 206 valence electrons. The van der Waals surface area contributed by atoms with Gasteiger partial charge in [0.1, 0.15) is 5.76 Å². The summed E-state index contributed by atoms with van der Waals surface area (Å²) >= 11 is 1.31. The molecule has 0 aliphatic carbocycles. The van der Waals surface area contributed by atoms with Crippen molar-refractivity contribution in [2.75, 3.05) is 37.8 Å². The third-order valence-electron chi connectivity index (χ3n) is 7.02. The highest BCUT2D eigenvalue weighted by atomic mass is 32.1. The molecule has 0 unspecified atom stereocenters. The lowest BCUT2D eigenvalue weighted by Gasteiger charge is -2.26. The summed E-state index contributed by atoms with van der Waals surface area (Å²) < 4.78 is 19.1. The number of morpholine rings is 1. The lowest BCUT2D eigenvalue weighted by atomic mass is 9.92. The van der Waals surface area contributed by atoms with Gasteiger partial charge < -0.3 is 18.8 Å². The van der Waals surface area contributed by atoms with Crippen LogP contribution in [0.4, 0.5) is 5.88 Å². The molecular weight excluding hydrogens is 514 g/mol. The summed E-state index contributed by atoms with van der Waals surface area (Å²) in [5.41, 5.74) is 2.94. The van der Waals surface area contributed by atoms with Crippen molar-refractivity contribution >= 4 is 29.3 Å². The van der Waals surface area contributed by atoms with E-state index in [0.717, 1.165) is 31.0 Å². The number of allylic oxidation sites excluding steroid dienone is 1. The predicted octanol–water partition coefficient (Wildman–Crippen LogP) is 4.13. The van der Waals surface area contributed by atoms with E-state index in [4.69, 9.17) is 18.9 Å². The second kappa shape index (κ2) is 11.8. The molecule has 0 amide bonds. The molecule has 39 heavy (non-hydrogen) atoms. The number of anilines is 1. The summed E-state index contributed by atoms with van der Waals surface area (Å²) in [6.45, 7) is 11.2. The Morgan fingerprint density at radius 1 is 1.15 bits per heavy atom. The first kappa shape index (κ1) is 27.1. The highest BCUT2D eigenvalue weighted by molar-refractivity contribution is 7.07. The van der Waals surface area contributed by atoms with E-state index in [0.29, 0.717) is 51.9 Å². The number of hydrogen-bond acceptors (Lipinski definition) is 8. The minimum Gasteiger partial charge on any atom is -0.463 e. The standard InChI is InChI=1S/C30H35N3O5S/c1-5-7-23-26(29(35)37-6-2)27(21-10-8-20(9-11-21)19(3)4)33-28(34)24(39-30(33)31-23)18-22-12-13-25(38-22)32-14-16-36-17-15-32/h8-13,18-19,27H,5-7,14-17H2,1-4H3/b24-18-/t27-/m1/s1.